The summed E-state index contributed by atoms with van der Waals surface area (Å²) in [5.41, 5.74) is 2.03. The molecular formula is C27H26ClN5O4. The Balaban J connectivity index is 1.21. The van der Waals surface area contributed by atoms with Crippen molar-refractivity contribution in [1.82, 2.24) is 25.3 Å². The largest absolute Gasteiger partial charge is 0.490 e. The Morgan fingerprint density at radius 3 is 2.16 bits per heavy atom. The average Bonchev–Trinajstić information content (AvgIpc) is 3.38. The second kappa shape index (κ2) is 10.1. The molecular weight excluding hydrogens is 494 g/mol. The van der Waals surface area contributed by atoms with Crippen LogP contribution in [0.3, 0.4) is 0 Å². The van der Waals surface area contributed by atoms with Crippen molar-refractivity contribution in [2.75, 3.05) is 0 Å². The molecule has 1 aliphatic carbocycles. The standard InChI is InChI=1S/C27H26ClN5O4/c1-27(2,17-3-7-20(8-4-17)36-22-13-19(14-22)32-26(34)35)18-5-9-21(10-6-18)37-23-15-24(28)25(29-16-23)33-30-11-12-31-33/h3-12,15-16,19,22,32H,13-14H2,1-2H3,(H,34,35). The molecule has 2 aromatic heterocycles. The van der Waals surface area contributed by atoms with E-state index < -0.39 is 6.09 Å². The van der Waals surface area contributed by atoms with Crippen LogP contribution in [0.4, 0.5) is 4.79 Å². The first-order chi connectivity index (χ1) is 17.8. The lowest BCUT2D eigenvalue weighted by molar-refractivity contribution is 0.0833. The van der Waals surface area contributed by atoms with Crippen LogP contribution in [-0.4, -0.2) is 43.3 Å². The van der Waals surface area contributed by atoms with E-state index in [2.05, 4.69) is 46.5 Å². The number of nitrogens with one attached hydrogen (secondary N) is 1. The first-order valence-electron chi connectivity index (χ1n) is 11.9. The topological polar surface area (TPSA) is 111 Å². The minimum atomic E-state index is -0.992. The van der Waals surface area contributed by atoms with Crippen LogP contribution in [0, 0.1) is 0 Å². The highest BCUT2D eigenvalue weighted by molar-refractivity contribution is 6.32. The average molecular weight is 520 g/mol. The van der Waals surface area contributed by atoms with Crippen molar-refractivity contribution >= 4 is 17.7 Å². The zero-order chi connectivity index (χ0) is 26.0. The van der Waals surface area contributed by atoms with E-state index in [1.807, 2.05) is 36.4 Å². The quantitative estimate of drug-likeness (QED) is 0.311. The van der Waals surface area contributed by atoms with Gasteiger partial charge in [-0.3, -0.25) is 0 Å². The third kappa shape index (κ3) is 5.51. The number of halogens is 1. The van der Waals surface area contributed by atoms with Gasteiger partial charge in [-0.1, -0.05) is 49.7 Å². The maximum atomic E-state index is 10.7. The van der Waals surface area contributed by atoms with Gasteiger partial charge in [0.15, 0.2) is 5.82 Å². The van der Waals surface area contributed by atoms with E-state index in [1.165, 1.54) is 4.80 Å². The van der Waals surface area contributed by atoms with Gasteiger partial charge in [0.1, 0.15) is 23.4 Å². The lowest BCUT2D eigenvalue weighted by Crippen LogP contribution is -2.48. The van der Waals surface area contributed by atoms with E-state index in [1.54, 1.807) is 24.7 Å². The van der Waals surface area contributed by atoms with Gasteiger partial charge < -0.3 is 19.9 Å². The number of aromatic nitrogens is 4. The number of carboxylic acid groups (broad SMARTS) is 1. The highest BCUT2D eigenvalue weighted by Gasteiger charge is 2.32. The van der Waals surface area contributed by atoms with Gasteiger partial charge in [0.2, 0.25) is 0 Å². The predicted octanol–water partition coefficient (Wildman–Crippen LogP) is 5.61. The number of ether oxygens (including phenoxy) is 2. The van der Waals surface area contributed by atoms with E-state index in [9.17, 15) is 4.79 Å². The number of hydrogen-bond donors (Lipinski definition) is 2. The molecule has 0 bridgehead atoms. The van der Waals surface area contributed by atoms with E-state index in [-0.39, 0.29) is 17.6 Å². The molecule has 0 spiro atoms. The fourth-order valence-electron chi connectivity index (χ4n) is 4.28. The lowest BCUT2D eigenvalue weighted by atomic mass is 9.78. The zero-order valence-corrected chi connectivity index (χ0v) is 21.1. The van der Waals surface area contributed by atoms with Gasteiger partial charge in [-0.05, 0) is 35.4 Å². The summed E-state index contributed by atoms with van der Waals surface area (Å²) >= 11 is 6.34. The van der Waals surface area contributed by atoms with Gasteiger partial charge in [-0.25, -0.2) is 9.78 Å². The third-order valence-electron chi connectivity index (χ3n) is 6.52. The van der Waals surface area contributed by atoms with Crippen molar-refractivity contribution in [2.45, 2.75) is 44.2 Å². The van der Waals surface area contributed by atoms with Gasteiger partial charge in [-0.15, -0.1) is 4.80 Å². The summed E-state index contributed by atoms with van der Waals surface area (Å²) in [6.07, 6.45) is 5.10. The molecule has 9 nitrogen and oxygen atoms in total. The van der Waals surface area contributed by atoms with Crippen LogP contribution in [0.25, 0.3) is 5.82 Å². The van der Waals surface area contributed by atoms with Gasteiger partial charge in [0.25, 0.3) is 0 Å². The van der Waals surface area contributed by atoms with Crippen LogP contribution < -0.4 is 14.8 Å². The van der Waals surface area contributed by atoms with Crippen molar-refractivity contribution in [1.29, 1.82) is 0 Å². The number of nitrogens with zero attached hydrogens (tertiary/aromatic N) is 4. The highest BCUT2D eigenvalue weighted by Crippen LogP contribution is 2.35. The third-order valence-corrected chi connectivity index (χ3v) is 6.80. The molecule has 37 heavy (non-hydrogen) atoms. The molecule has 2 heterocycles. The van der Waals surface area contributed by atoms with Crippen molar-refractivity contribution < 1.29 is 19.4 Å². The predicted molar refractivity (Wildman–Crippen MR) is 138 cm³/mol. The molecule has 1 fully saturated rings. The van der Waals surface area contributed by atoms with Crippen molar-refractivity contribution in [3.05, 3.63) is 89.3 Å². The molecule has 1 amide bonds. The number of carbonyl (C=O) groups is 1. The molecule has 2 N–H and O–H groups in total. The second-order valence-corrected chi connectivity index (χ2v) is 9.84. The van der Waals surface area contributed by atoms with E-state index in [4.69, 9.17) is 26.2 Å². The number of amides is 1. The van der Waals surface area contributed by atoms with Gasteiger partial charge in [-0.2, -0.15) is 10.2 Å². The summed E-state index contributed by atoms with van der Waals surface area (Å²) < 4.78 is 11.9. The maximum Gasteiger partial charge on any atom is 0.404 e. The summed E-state index contributed by atoms with van der Waals surface area (Å²) in [7, 11) is 0. The van der Waals surface area contributed by atoms with E-state index >= 15 is 0 Å². The number of hydrogen-bond acceptors (Lipinski definition) is 6. The van der Waals surface area contributed by atoms with Crippen LogP contribution in [0.2, 0.25) is 5.02 Å². The zero-order valence-electron chi connectivity index (χ0n) is 20.3. The van der Waals surface area contributed by atoms with Gasteiger partial charge >= 0.3 is 6.09 Å². The normalized spacial score (nSPS) is 17.1. The summed E-state index contributed by atoms with van der Waals surface area (Å²) in [6.45, 7) is 4.33. The Hall–Kier alpha value is -4.11. The summed E-state index contributed by atoms with van der Waals surface area (Å²) in [5.74, 6) is 2.39. The molecule has 1 saturated carbocycles. The van der Waals surface area contributed by atoms with Crippen molar-refractivity contribution in [3.63, 3.8) is 0 Å². The highest BCUT2D eigenvalue weighted by atomic mass is 35.5. The molecule has 4 aromatic rings. The summed E-state index contributed by atoms with van der Waals surface area (Å²) in [4.78, 5) is 16.4. The first-order valence-corrected chi connectivity index (χ1v) is 12.2. The van der Waals surface area contributed by atoms with E-state index in [0.717, 1.165) is 16.9 Å². The van der Waals surface area contributed by atoms with Crippen molar-refractivity contribution in [3.8, 4) is 23.1 Å². The van der Waals surface area contributed by atoms with Crippen LogP contribution in [0.15, 0.2) is 73.2 Å². The Morgan fingerprint density at radius 1 is 1.00 bits per heavy atom. The molecule has 0 atom stereocenters. The minimum Gasteiger partial charge on any atom is -0.490 e. The Morgan fingerprint density at radius 2 is 1.59 bits per heavy atom. The molecule has 1 aliphatic rings. The van der Waals surface area contributed by atoms with Gasteiger partial charge in [0.05, 0.1) is 23.6 Å². The van der Waals surface area contributed by atoms with Crippen LogP contribution in [-0.2, 0) is 5.41 Å². The SMILES string of the molecule is CC(C)(c1ccc(Oc2cnc(-n3nccn3)c(Cl)c2)cc1)c1ccc(OC2CC(NC(=O)O)C2)cc1. The number of pyridine rings is 1. The maximum absolute atomic E-state index is 10.7. The smallest absolute Gasteiger partial charge is 0.404 e. The first kappa shape index (κ1) is 24.6. The molecule has 5 rings (SSSR count). The van der Waals surface area contributed by atoms with E-state index in [0.29, 0.717) is 35.2 Å². The minimum absolute atomic E-state index is 0.0281. The Bertz CT molecular complexity index is 1370. The van der Waals surface area contributed by atoms with Crippen LogP contribution in [0.5, 0.6) is 17.2 Å². The monoisotopic (exact) mass is 519 g/mol. The van der Waals surface area contributed by atoms with Crippen LogP contribution >= 0.6 is 11.6 Å². The molecule has 0 radical (unpaired) electrons. The molecule has 0 saturated heterocycles. The van der Waals surface area contributed by atoms with Crippen molar-refractivity contribution in [2.24, 2.45) is 0 Å². The fourth-order valence-corrected chi connectivity index (χ4v) is 4.51. The molecule has 0 unspecified atom stereocenters. The Labute approximate surface area is 219 Å². The summed E-state index contributed by atoms with van der Waals surface area (Å²) in [6, 6.07) is 17.6. The second-order valence-electron chi connectivity index (χ2n) is 9.43. The lowest BCUT2D eigenvalue weighted by Gasteiger charge is -2.35. The Kier molecular flexibility index (Phi) is 6.71. The van der Waals surface area contributed by atoms with Gasteiger partial charge in [0, 0.05) is 30.4 Å². The number of rotatable bonds is 8. The molecule has 10 heteroatoms. The number of benzene rings is 2. The fraction of sp³-hybridized carbons (Fsp3) is 0.259. The molecule has 0 aliphatic heterocycles. The molecule has 190 valence electrons. The van der Waals surface area contributed by atoms with Crippen LogP contribution in [0.1, 0.15) is 37.8 Å². The molecule has 2 aromatic carbocycles. The summed E-state index contributed by atoms with van der Waals surface area (Å²) in [5, 5.41) is 19.7.